The van der Waals surface area contributed by atoms with Crippen molar-refractivity contribution < 1.29 is 14.7 Å². The molecule has 1 atom stereocenters. The van der Waals surface area contributed by atoms with Crippen LogP contribution in [-0.4, -0.2) is 23.0 Å². The number of carbonyl (C=O) groups excluding carboxylic acids is 1. The molecule has 0 bridgehead atoms. The molecule has 5 heteroatoms. The van der Waals surface area contributed by atoms with Crippen LogP contribution in [0, 0.1) is 12.8 Å². The van der Waals surface area contributed by atoms with Gasteiger partial charge in [-0.25, -0.2) is 4.79 Å². The van der Waals surface area contributed by atoms with Gasteiger partial charge in [-0.1, -0.05) is 37.6 Å². The highest BCUT2D eigenvalue weighted by Gasteiger charge is 2.24. The van der Waals surface area contributed by atoms with Crippen LogP contribution in [0.4, 0.5) is 0 Å². The predicted molar refractivity (Wildman–Crippen MR) is 69.9 cm³/mol. The zero-order valence-electron chi connectivity index (χ0n) is 10.5. The highest BCUT2D eigenvalue weighted by Crippen LogP contribution is 2.20. The lowest BCUT2D eigenvalue weighted by Gasteiger charge is -2.18. The van der Waals surface area contributed by atoms with Crippen LogP contribution in [0.2, 0.25) is 5.02 Å². The maximum Gasteiger partial charge on any atom is 0.326 e. The van der Waals surface area contributed by atoms with E-state index < -0.39 is 17.9 Å². The normalized spacial score (nSPS) is 12.3. The van der Waals surface area contributed by atoms with Gasteiger partial charge in [-0.15, -0.1) is 0 Å². The third-order valence-electron chi connectivity index (χ3n) is 2.66. The van der Waals surface area contributed by atoms with Crippen LogP contribution in [-0.2, 0) is 4.79 Å². The molecule has 0 heterocycles. The van der Waals surface area contributed by atoms with E-state index in [1.54, 1.807) is 39.0 Å². The molecular formula is C13H16ClNO3. The third-order valence-corrected chi connectivity index (χ3v) is 3.16. The van der Waals surface area contributed by atoms with Crippen molar-refractivity contribution in [2.75, 3.05) is 0 Å². The van der Waals surface area contributed by atoms with Crippen molar-refractivity contribution in [2.24, 2.45) is 5.92 Å². The molecule has 18 heavy (non-hydrogen) atoms. The molecule has 0 aliphatic heterocycles. The van der Waals surface area contributed by atoms with Gasteiger partial charge in [-0.05, 0) is 24.5 Å². The Morgan fingerprint density at radius 1 is 1.33 bits per heavy atom. The first kappa shape index (κ1) is 14.5. The summed E-state index contributed by atoms with van der Waals surface area (Å²) in [6, 6.07) is 4.15. The Balaban J connectivity index is 2.94. The first-order valence-electron chi connectivity index (χ1n) is 5.63. The van der Waals surface area contributed by atoms with Gasteiger partial charge in [-0.3, -0.25) is 4.79 Å². The second-order valence-electron chi connectivity index (χ2n) is 4.47. The van der Waals surface area contributed by atoms with Crippen molar-refractivity contribution in [3.63, 3.8) is 0 Å². The summed E-state index contributed by atoms with van der Waals surface area (Å²) < 4.78 is 0. The fourth-order valence-electron chi connectivity index (χ4n) is 1.56. The molecule has 0 fully saturated rings. The number of amides is 1. The number of carbonyl (C=O) groups is 2. The molecule has 0 saturated heterocycles. The van der Waals surface area contributed by atoms with Crippen LogP contribution in [0.5, 0.6) is 0 Å². The van der Waals surface area contributed by atoms with Gasteiger partial charge in [0.1, 0.15) is 6.04 Å². The van der Waals surface area contributed by atoms with Crippen molar-refractivity contribution in [1.29, 1.82) is 0 Å². The van der Waals surface area contributed by atoms with Gasteiger partial charge in [0.2, 0.25) is 0 Å². The van der Waals surface area contributed by atoms with Gasteiger partial charge in [0.25, 0.3) is 5.91 Å². The summed E-state index contributed by atoms with van der Waals surface area (Å²) in [6.45, 7) is 5.25. The number of carboxylic acid groups (broad SMARTS) is 1. The molecule has 98 valence electrons. The number of carboxylic acids is 1. The minimum atomic E-state index is -1.05. The second kappa shape index (κ2) is 5.87. The first-order valence-corrected chi connectivity index (χ1v) is 6.01. The van der Waals surface area contributed by atoms with Crippen LogP contribution in [0.3, 0.4) is 0 Å². The van der Waals surface area contributed by atoms with Crippen LogP contribution >= 0.6 is 11.6 Å². The number of hydrogen-bond donors (Lipinski definition) is 2. The number of aryl methyl sites for hydroxylation is 1. The van der Waals surface area contributed by atoms with Crippen molar-refractivity contribution in [3.8, 4) is 0 Å². The lowest BCUT2D eigenvalue weighted by Crippen LogP contribution is -2.44. The van der Waals surface area contributed by atoms with E-state index in [4.69, 9.17) is 16.7 Å². The minimum absolute atomic E-state index is 0.199. The highest BCUT2D eigenvalue weighted by molar-refractivity contribution is 6.34. The summed E-state index contributed by atoms with van der Waals surface area (Å²) in [4.78, 5) is 23.0. The Labute approximate surface area is 111 Å². The number of rotatable bonds is 4. The lowest BCUT2D eigenvalue weighted by atomic mass is 10.0. The van der Waals surface area contributed by atoms with Crippen molar-refractivity contribution in [3.05, 3.63) is 34.3 Å². The summed E-state index contributed by atoms with van der Waals surface area (Å²) in [5, 5.41) is 11.8. The zero-order valence-corrected chi connectivity index (χ0v) is 11.3. The van der Waals surface area contributed by atoms with E-state index in [2.05, 4.69) is 5.32 Å². The third kappa shape index (κ3) is 3.23. The summed E-state index contributed by atoms with van der Waals surface area (Å²) in [6.07, 6.45) is 0. The van der Waals surface area contributed by atoms with E-state index in [1.165, 1.54) is 0 Å². The fraction of sp³-hybridized carbons (Fsp3) is 0.385. The molecule has 0 unspecified atom stereocenters. The predicted octanol–water partition coefficient (Wildman–Crippen LogP) is 2.49. The molecule has 1 rings (SSSR count). The Morgan fingerprint density at radius 3 is 2.44 bits per heavy atom. The van der Waals surface area contributed by atoms with E-state index in [9.17, 15) is 9.59 Å². The fourth-order valence-corrected chi connectivity index (χ4v) is 1.77. The monoisotopic (exact) mass is 269 g/mol. The largest absolute Gasteiger partial charge is 0.480 e. The second-order valence-corrected chi connectivity index (χ2v) is 4.85. The summed E-state index contributed by atoms with van der Waals surface area (Å²) in [5.74, 6) is -1.72. The van der Waals surface area contributed by atoms with Crippen LogP contribution in [0.25, 0.3) is 0 Å². The summed E-state index contributed by atoms with van der Waals surface area (Å²) in [5.41, 5.74) is 1.07. The zero-order chi connectivity index (χ0) is 13.9. The maximum absolute atomic E-state index is 12.0. The Bertz CT molecular complexity index is 471. The van der Waals surface area contributed by atoms with Gasteiger partial charge in [-0.2, -0.15) is 0 Å². The molecule has 0 aliphatic carbocycles. The van der Waals surface area contributed by atoms with E-state index >= 15 is 0 Å². The number of aliphatic carboxylic acids is 1. The quantitative estimate of drug-likeness (QED) is 0.882. The van der Waals surface area contributed by atoms with Crippen molar-refractivity contribution in [2.45, 2.75) is 26.8 Å². The minimum Gasteiger partial charge on any atom is -0.480 e. The van der Waals surface area contributed by atoms with Gasteiger partial charge in [0.15, 0.2) is 0 Å². The maximum atomic E-state index is 12.0. The molecule has 2 N–H and O–H groups in total. The molecule has 1 aromatic carbocycles. The van der Waals surface area contributed by atoms with Crippen LogP contribution < -0.4 is 5.32 Å². The summed E-state index contributed by atoms with van der Waals surface area (Å²) >= 11 is 6.02. The van der Waals surface area contributed by atoms with E-state index in [1.807, 2.05) is 0 Å². The topological polar surface area (TPSA) is 66.4 Å². The highest BCUT2D eigenvalue weighted by atomic mass is 35.5. The molecule has 1 aromatic rings. The molecule has 4 nitrogen and oxygen atoms in total. The summed E-state index contributed by atoms with van der Waals surface area (Å²) in [7, 11) is 0. The van der Waals surface area contributed by atoms with Gasteiger partial charge in [0, 0.05) is 0 Å². The van der Waals surface area contributed by atoms with E-state index in [-0.39, 0.29) is 5.92 Å². The molecule has 1 amide bonds. The van der Waals surface area contributed by atoms with E-state index in [0.29, 0.717) is 10.6 Å². The van der Waals surface area contributed by atoms with Gasteiger partial charge < -0.3 is 10.4 Å². The molecule has 0 saturated carbocycles. The average molecular weight is 270 g/mol. The van der Waals surface area contributed by atoms with Gasteiger partial charge >= 0.3 is 5.97 Å². The van der Waals surface area contributed by atoms with Crippen molar-refractivity contribution >= 4 is 23.5 Å². The Hall–Kier alpha value is -1.55. The van der Waals surface area contributed by atoms with Gasteiger partial charge in [0.05, 0.1) is 10.6 Å². The number of halogens is 1. The standard InChI is InChI=1S/C13H16ClNO3/c1-7(2)11(13(17)18)15-12(16)9-6-4-5-8(3)10(9)14/h4-7,11H,1-3H3,(H,15,16)(H,17,18)/t11-/m1/s1. The Kier molecular flexibility index (Phi) is 4.73. The van der Waals surface area contributed by atoms with Crippen LogP contribution in [0.1, 0.15) is 29.8 Å². The smallest absolute Gasteiger partial charge is 0.326 e. The Morgan fingerprint density at radius 2 is 1.94 bits per heavy atom. The lowest BCUT2D eigenvalue weighted by molar-refractivity contribution is -0.140. The van der Waals surface area contributed by atoms with Crippen LogP contribution in [0.15, 0.2) is 18.2 Å². The molecule has 0 aliphatic rings. The molecule has 0 aromatic heterocycles. The van der Waals surface area contributed by atoms with E-state index in [0.717, 1.165) is 5.56 Å². The average Bonchev–Trinajstić information content (AvgIpc) is 2.28. The molecular weight excluding hydrogens is 254 g/mol. The first-order chi connectivity index (χ1) is 8.34. The number of benzene rings is 1. The van der Waals surface area contributed by atoms with Crippen molar-refractivity contribution in [1.82, 2.24) is 5.32 Å². The SMILES string of the molecule is Cc1cccc(C(=O)N[C@@H](C(=O)O)C(C)C)c1Cl. The number of nitrogens with one attached hydrogen (secondary N) is 1. The number of hydrogen-bond acceptors (Lipinski definition) is 2. The molecule has 0 spiro atoms. The molecule has 0 radical (unpaired) electrons.